The third-order valence-electron chi connectivity index (χ3n) is 3.49. The van der Waals surface area contributed by atoms with Crippen molar-refractivity contribution in [3.63, 3.8) is 0 Å². The van der Waals surface area contributed by atoms with Gasteiger partial charge in [-0.05, 0) is 31.9 Å². The summed E-state index contributed by atoms with van der Waals surface area (Å²) in [7, 11) is 0. The first-order valence-electron chi connectivity index (χ1n) is 8.19. The van der Waals surface area contributed by atoms with Crippen LogP contribution in [0.4, 0.5) is 0 Å². The van der Waals surface area contributed by atoms with Crippen LogP contribution in [0.2, 0.25) is 0 Å². The predicted molar refractivity (Wildman–Crippen MR) is 92.8 cm³/mol. The zero-order valence-electron chi connectivity index (χ0n) is 15.2. The number of carbonyl (C=O) groups is 3. The van der Waals surface area contributed by atoms with Crippen LogP contribution in [0, 0.1) is 5.92 Å². The van der Waals surface area contributed by atoms with Crippen molar-refractivity contribution in [3.8, 4) is 0 Å². The standard InChI is InChI=1S/C18H26N2O5/c1-6-20(10-12(2)3)15(21)11-25-18(23)16(13(4)5)19-17(22)14-8-7-9-24-14/h7-9,13,16H,2,6,10-11H2,1,3-5H3,(H,19,22)/t16-/m1/s1. The molecule has 1 aromatic rings. The van der Waals surface area contributed by atoms with E-state index in [0.29, 0.717) is 13.1 Å². The molecule has 2 amide bonds. The van der Waals surface area contributed by atoms with Gasteiger partial charge < -0.3 is 19.4 Å². The molecule has 0 radical (unpaired) electrons. The van der Waals surface area contributed by atoms with E-state index in [1.165, 1.54) is 12.3 Å². The van der Waals surface area contributed by atoms with Gasteiger partial charge in [0.2, 0.25) is 0 Å². The molecule has 1 rings (SSSR count). The molecule has 0 aliphatic rings. The topological polar surface area (TPSA) is 88.9 Å². The molecule has 1 N–H and O–H groups in total. The molecule has 0 aliphatic heterocycles. The number of hydrogen-bond acceptors (Lipinski definition) is 5. The Bertz CT molecular complexity index is 607. The maximum atomic E-state index is 12.3. The van der Waals surface area contributed by atoms with Gasteiger partial charge in [-0.15, -0.1) is 0 Å². The molecule has 0 aromatic carbocycles. The fraction of sp³-hybridized carbons (Fsp3) is 0.500. The van der Waals surface area contributed by atoms with Gasteiger partial charge in [0.05, 0.1) is 6.26 Å². The molecule has 138 valence electrons. The van der Waals surface area contributed by atoms with Crippen molar-refractivity contribution in [1.29, 1.82) is 0 Å². The molecule has 0 bridgehead atoms. The summed E-state index contributed by atoms with van der Waals surface area (Å²) >= 11 is 0. The van der Waals surface area contributed by atoms with E-state index in [1.54, 1.807) is 24.8 Å². The smallest absolute Gasteiger partial charge is 0.329 e. The summed E-state index contributed by atoms with van der Waals surface area (Å²) in [5.41, 5.74) is 0.840. The van der Waals surface area contributed by atoms with Gasteiger partial charge in [0.1, 0.15) is 6.04 Å². The molecule has 0 saturated carbocycles. The van der Waals surface area contributed by atoms with E-state index in [1.807, 2.05) is 13.8 Å². The summed E-state index contributed by atoms with van der Waals surface area (Å²) in [5, 5.41) is 2.57. The predicted octanol–water partition coefficient (Wildman–Crippen LogP) is 2.00. The maximum absolute atomic E-state index is 12.3. The quantitative estimate of drug-likeness (QED) is 0.543. The summed E-state index contributed by atoms with van der Waals surface area (Å²) in [4.78, 5) is 38.0. The lowest BCUT2D eigenvalue weighted by Gasteiger charge is -2.23. The van der Waals surface area contributed by atoms with Gasteiger partial charge >= 0.3 is 5.97 Å². The number of nitrogens with one attached hydrogen (secondary N) is 1. The Hall–Kier alpha value is -2.57. The van der Waals surface area contributed by atoms with Gasteiger partial charge in [-0.25, -0.2) is 4.79 Å². The first kappa shape index (κ1) is 20.5. The monoisotopic (exact) mass is 350 g/mol. The summed E-state index contributed by atoms with van der Waals surface area (Å²) in [5.74, 6) is -1.58. The van der Waals surface area contributed by atoms with E-state index in [4.69, 9.17) is 9.15 Å². The molecular formula is C18H26N2O5. The lowest BCUT2D eigenvalue weighted by Crippen LogP contribution is -2.46. The van der Waals surface area contributed by atoms with Crippen LogP contribution >= 0.6 is 0 Å². The first-order valence-corrected chi connectivity index (χ1v) is 8.19. The average Bonchev–Trinajstić information content (AvgIpc) is 3.08. The van der Waals surface area contributed by atoms with Gasteiger partial charge in [0.15, 0.2) is 12.4 Å². The highest BCUT2D eigenvalue weighted by Gasteiger charge is 2.28. The summed E-state index contributed by atoms with van der Waals surface area (Å²) in [6.45, 7) is 11.5. The molecule has 1 atom stereocenters. The van der Waals surface area contributed by atoms with E-state index in [2.05, 4.69) is 11.9 Å². The lowest BCUT2D eigenvalue weighted by atomic mass is 10.0. The Labute approximate surface area is 148 Å². The normalized spacial score (nSPS) is 11.7. The van der Waals surface area contributed by atoms with E-state index >= 15 is 0 Å². The van der Waals surface area contributed by atoms with Crippen LogP contribution in [-0.2, 0) is 14.3 Å². The highest BCUT2D eigenvalue weighted by Crippen LogP contribution is 2.08. The van der Waals surface area contributed by atoms with Crippen LogP contribution < -0.4 is 5.32 Å². The van der Waals surface area contributed by atoms with Gasteiger partial charge in [0.25, 0.3) is 11.8 Å². The SMILES string of the molecule is C=C(C)CN(CC)C(=O)COC(=O)[C@H](NC(=O)c1ccco1)C(C)C. The van der Waals surface area contributed by atoms with Crippen molar-refractivity contribution >= 4 is 17.8 Å². The Balaban J connectivity index is 2.63. The Morgan fingerprint density at radius 1 is 1.36 bits per heavy atom. The maximum Gasteiger partial charge on any atom is 0.329 e. The van der Waals surface area contributed by atoms with Crippen molar-refractivity contribution in [3.05, 3.63) is 36.3 Å². The number of nitrogens with zero attached hydrogens (tertiary/aromatic N) is 1. The van der Waals surface area contributed by atoms with Crippen molar-refractivity contribution in [1.82, 2.24) is 10.2 Å². The number of rotatable bonds is 9. The van der Waals surface area contributed by atoms with Crippen LogP contribution in [0.25, 0.3) is 0 Å². The molecule has 25 heavy (non-hydrogen) atoms. The fourth-order valence-corrected chi connectivity index (χ4v) is 2.13. The second-order valence-electron chi connectivity index (χ2n) is 6.15. The minimum absolute atomic E-state index is 0.105. The number of hydrogen-bond donors (Lipinski definition) is 1. The van der Waals surface area contributed by atoms with Gasteiger partial charge in [-0.1, -0.05) is 26.0 Å². The average molecular weight is 350 g/mol. The van der Waals surface area contributed by atoms with Crippen LogP contribution in [0.5, 0.6) is 0 Å². The van der Waals surface area contributed by atoms with E-state index in [9.17, 15) is 14.4 Å². The van der Waals surface area contributed by atoms with Crippen molar-refractivity contribution in [2.45, 2.75) is 33.7 Å². The second-order valence-corrected chi connectivity index (χ2v) is 6.15. The second kappa shape index (κ2) is 9.66. The van der Waals surface area contributed by atoms with E-state index in [-0.39, 0.29) is 24.2 Å². The van der Waals surface area contributed by atoms with E-state index in [0.717, 1.165) is 5.57 Å². The molecule has 7 nitrogen and oxygen atoms in total. The Morgan fingerprint density at radius 2 is 2.04 bits per heavy atom. The third-order valence-corrected chi connectivity index (χ3v) is 3.49. The van der Waals surface area contributed by atoms with Crippen LogP contribution in [0.15, 0.2) is 35.0 Å². The summed E-state index contributed by atoms with van der Waals surface area (Å²) in [6.07, 6.45) is 1.37. The highest BCUT2D eigenvalue weighted by molar-refractivity contribution is 5.94. The fourth-order valence-electron chi connectivity index (χ4n) is 2.13. The molecule has 0 aliphatic carbocycles. The molecule has 0 unspecified atom stereocenters. The third kappa shape index (κ3) is 6.45. The Morgan fingerprint density at radius 3 is 2.52 bits per heavy atom. The van der Waals surface area contributed by atoms with Crippen molar-refractivity contribution in [2.24, 2.45) is 5.92 Å². The number of likely N-dealkylation sites (N-methyl/N-ethyl adjacent to an activating group) is 1. The zero-order chi connectivity index (χ0) is 19.0. The van der Waals surface area contributed by atoms with Gasteiger partial charge in [-0.3, -0.25) is 9.59 Å². The zero-order valence-corrected chi connectivity index (χ0v) is 15.2. The summed E-state index contributed by atoms with van der Waals surface area (Å²) < 4.78 is 10.1. The van der Waals surface area contributed by atoms with Crippen molar-refractivity contribution < 1.29 is 23.5 Å². The molecule has 7 heteroatoms. The molecule has 1 aromatic heterocycles. The van der Waals surface area contributed by atoms with Gasteiger partial charge in [-0.2, -0.15) is 0 Å². The summed E-state index contributed by atoms with van der Waals surface area (Å²) in [6, 6.07) is 2.21. The minimum atomic E-state index is -0.874. The highest BCUT2D eigenvalue weighted by atomic mass is 16.5. The number of furan rings is 1. The molecule has 0 saturated heterocycles. The number of amides is 2. The number of ether oxygens (including phenoxy) is 1. The molecule has 1 heterocycles. The van der Waals surface area contributed by atoms with Gasteiger partial charge in [0, 0.05) is 13.1 Å². The largest absolute Gasteiger partial charge is 0.459 e. The van der Waals surface area contributed by atoms with Crippen LogP contribution in [-0.4, -0.2) is 48.4 Å². The minimum Gasteiger partial charge on any atom is -0.459 e. The van der Waals surface area contributed by atoms with Crippen LogP contribution in [0.3, 0.4) is 0 Å². The lowest BCUT2D eigenvalue weighted by molar-refractivity contribution is -0.154. The van der Waals surface area contributed by atoms with Crippen molar-refractivity contribution in [2.75, 3.05) is 19.7 Å². The molecule has 0 spiro atoms. The van der Waals surface area contributed by atoms with Crippen LogP contribution in [0.1, 0.15) is 38.2 Å². The number of carbonyl (C=O) groups excluding carboxylic acids is 3. The molecule has 0 fully saturated rings. The number of esters is 1. The Kier molecular flexibility index (Phi) is 7.91. The molecular weight excluding hydrogens is 324 g/mol. The first-order chi connectivity index (χ1) is 11.8. The van der Waals surface area contributed by atoms with E-state index < -0.39 is 17.9 Å².